The van der Waals surface area contributed by atoms with Crippen LogP contribution in [0.25, 0.3) is 0 Å². The van der Waals surface area contributed by atoms with Crippen molar-refractivity contribution in [2.24, 2.45) is 5.73 Å². The summed E-state index contributed by atoms with van der Waals surface area (Å²) < 4.78 is 29.5. The smallest absolute Gasteiger partial charge is 0.314 e. The summed E-state index contributed by atoms with van der Waals surface area (Å²) in [5.41, 5.74) is 8.38. The van der Waals surface area contributed by atoms with Gasteiger partial charge in [-0.15, -0.1) is 0 Å². The predicted octanol–water partition coefficient (Wildman–Crippen LogP) is 3.62. The molecule has 0 spiro atoms. The number of amides is 3. The van der Waals surface area contributed by atoms with Crippen LogP contribution in [-0.4, -0.2) is 31.4 Å². The summed E-state index contributed by atoms with van der Waals surface area (Å²) in [5.74, 6) is -0.484. The Labute approximate surface area is 232 Å². The van der Waals surface area contributed by atoms with Crippen molar-refractivity contribution in [1.82, 2.24) is 10.3 Å². The third kappa shape index (κ3) is 3.99. The van der Waals surface area contributed by atoms with E-state index in [0.717, 1.165) is 16.7 Å². The maximum absolute atomic E-state index is 14.8. The number of rotatable bonds is 5. The van der Waals surface area contributed by atoms with Crippen LogP contribution in [0.3, 0.4) is 0 Å². The number of aryl methyl sites for hydroxylation is 1. The molecule has 6 rings (SSSR count). The van der Waals surface area contributed by atoms with Crippen molar-refractivity contribution in [3.8, 4) is 0 Å². The largest absolute Gasteiger partial charge is 0.352 e. The Bertz CT molecular complexity index is 1730. The highest BCUT2D eigenvalue weighted by atomic mass is 32.2. The Balaban J connectivity index is 1.53. The molecule has 3 aromatic carbocycles. The SMILES string of the molecule is Cc1ccc(S(=O)(=O)N2c3ccccc3C[C@H]2C(=O)N2c3ccccc3C[C@@]2(NC(N)=O)c2ccncc2)cc1. The molecule has 0 fully saturated rings. The number of sulfonamides is 1. The molecule has 0 aliphatic carbocycles. The van der Waals surface area contributed by atoms with Gasteiger partial charge in [-0.05, 0) is 54.4 Å². The molecular formula is C30H27N5O4S. The van der Waals surface area contributed by atoms with Crippen molar-refractivity contribution >= 4 is 33.3 Å². The zero-order valence-corrected chi connectivity index (χ0v) is 22.5. The van der Waals surface area contributed by atoms with Crippen LogP contribution in [0.4, 0.5) is 16.2 Å². The van der Waals surface area contributed by atoms with Crippen LogP contribution >= 0.6 is 0 Å². The summed E-state index contributed by atoms with van der Waals surface area (Å²) in [7, 11) is -4.13. The minimum absolute atomic E-state index is 0.0880. The molecule has 3 heterocycles. The predicted molar refractivity (Wildman–Crippen MR) is 151 cm³/mol. The molecule has 4 aromatic rings. The van der Waals surface area contributed by atoms with Crippen LogP contribution in [0.1, 0.15) is 22.3 Å². The van der Waals surface area contributed by atoms with Crippen LogP contribution in [-0.2, 0) is 33.3 Å². The number of carbonyl (C=O) groups is 2. The first-order chi connectivity index (χ1) is 19.2. The van der Waals surface area contributed by atoms with Gasteiger partial charge in [0.25, 0.3) is 15.9 Å². The van der Waals surface area contributed by atoms with E-state index < -0.39 is 33.7 Å². The first-order valence-electron chi connectivity index (χ1n) is 12.8. The highest BCUT2D eigenvalue weighted by Crippen LogP contribution is 2.46. The molecule has 9 nitrogen and oxygen atoms in total. The Morgan fingerprint density at radius 1 is 0.900 bits per heavy atom. The second-order valence-electron chi connectivity index (χ2n) is 10.0. The Hall–Kier alpha value is -4.70. The summed E-state index contributed by atoms with van der Waals surface area (Å²) >= 11 is 0. The van der Waals surface area contributed by atoms with Gasteiger partial charge in [-0.3, -0.25) is 19.0 Å². The van der Waals surface area contributed by atoms with Crippen molar-refractivity contribution in [2.45, 2.75) is 36.4 Å². The summed E-state index contributed by atoms with van der Waals surface area (Å²) in [6.45, 7) is 1.88. The Morgan fingerprint density at radius 2 is 1.52 bits per heavy atom. The molecule has 3 amide bonds. The van der Waals surface area contributed by atoms with Crippen LogP contribution in [0.2, 0.25) is 0 Å². The van der Waals surface area contributed by atoms with E-state index in [1.807, 2.05) is 31.2 Å². The van der Waals surface area contributed by atoms with Crippen LogP contribution in [0.5, 0.6) is 0 Å². The lowest BCUT2D eigenvalue weighted by molar-refractivity contribution is -0.120. The van der Waals surface area contributed by atoms with E-state index in [2.05, 4.69) is 10.3 Å². The fourth-order valence-electron chi connectivity index (χ4n) is 5.80. The molecule has 1 aromatic heterocycles. The molecule has 0 saturated heterocycles. The van der Waals surface area contributed by atoms with Gasteiger partial charge < -0.3 is 11.1 Å². The molecule has 0 bridgehead atoms. The van der Waals surface area contributed by atoms with Gasteiger partial charge in [0.15, 0.2) is 5.66 Å². The first kappa shape index (κ1) is 25.6. The second-order valence-corrected chi connectivity index (χ2v) is 11.8. The lowest BCUT2D eigenvalue weighted by Crippen LogP contribution is -2.63. The number of hydrogen-bond donors (Lipinski definition) is 2. The number of nitrogens with two attached hydrogens (primary N) is 1. The van der Waals surface area contributed by atoms with Gasteiger partial charge in [0.05, 0.1) is 10.6 Å². The number of hydrogen-bond acceptors (Lipinski definition) is 5. The van der Waals surface area contributed by atoms with Crippen molar-refractivity contribution in [3.63, 3.8) is 0 Å². The topological polar surface area (TPSA) is 126 Å². The molecule has 0 unspecified atom stereocenters. The minimum atomic E-state index is -4.13. The molecule has 40 heavy (non-hydrogen) atoms. The number of urea groups is 1. The van der Waals surface area contributed by atoms with Crippen LogP contribution < -0.4 is 20.3 Å². The quantitative estimate of drug-likeness (QED) is 0.391. The number of aromatic nitrogens is 1. The van der Waals surface area contributed by atoms with E-state index in [0.29, 0.717) is 16.9 Å². The average Bonchev–Trinajstić information content (AvgIpc) is 3.50. The monoisotopic (exact) mass is 553 g/mol. The standard InChI is InChI=1S/C30H27N5O4S/c1-20-10-12-24(13-11-20)40(38,39)35-26-9-5-2-6-21(26)18-27(35)28(36)34-25-8-4-3-7-22(25)19-30(34,33-29(31)37)23-14-16-32-17-15-23/h2-17,27H,18-19H2,1H3,(H3,31,33,37)/t27-,30-/m0/s1. The van der Waals surface area contributed by atoms with Crippen molar-refractivity contribution in [1.29, 1.82) is 0 Å². The molecule has 3 N–H and O–H groups in total. The minimum Gasteiger partial charge on any atom is -0.352 e. The third-order valence-corrected chi connectivity index (χ3v) is 9.39. The molecule has 10 heteroatoms. The zero-order valence-electron chi connectivity index (χ0n) is 21.7. The number of nitrogens with zero attached hydrogens (tertiary/aromatic N) is 3. The van der Waals surface area contributed by atoms with Gasteiger partial charge in [-0.25, -0.2) is 13.2 Å². The average molecular weight is 554 g/mol. The van der Waals surface area contributed by atoms with Gasteiger partial charge in [0.2, 0.25) is 0 Å². The molecule has 0 radical (unpaired) electrons. The van der Waals surface area contributed by atoms with E-state index in [-0.39, 0.29) is 17.7 Å². The number of primary amides is 1. The number of benzene rings is 3. The summed E-state index contributed by atoms with van der Waals surface area (Å²) in [6, 6.07) is 22.5. The first-order valence-corrected chi connectivity index (χ1v) is 14.3. The van der Waals surface area contributed by atoms with Crippen molar-refractivity contribution < 1.29 is 18.0 Å². The number of pyridine rings is 1. The third-order valence-electron chi connectivity index (χ3n) is 7.56. The fourth-order valence-corrected chi connectivity index (χ4v) is 7.44. The maximum Gasteiger partial charge on any atom is 0.314 e. The maximum atomic E-state index is 14.8. The summed E-state index contributed by atoms with van der Waals surface area (Å²) in [5, 5.41) is 2.83. The number of para-hydroxylation sites is 2. The number of carbonyl (C=O) groups excluding carboxylic acids is 2. The van der Waals surface area contributed by atoms with Crippen molar-refractivity contribution in [3.05, 3.63) is 120 Å². The van der Waals surface area contributed by atoms with E-state index in [1.165, 1.54) is 9.21 Å². The normalized spacial score (nSPS) is 19.7. The van der Waals surface area contributed by atoms with E-state index in [9.17, 15) is 18.0 Å². The van der Waals surface area contributed by atoms with E-state index in [1.54, 1.807) is 73.1 Å². The highest BCUT2D eigenvalue weighted by molar-refractivity contribution is 7.93. The van der Waals surface area contributed by atoms with Crippen LogP contribution in [0.15, 0.2) is 102 Å². The molecule has 202 valence electrons. The van der Waals surface area contributed by atoms with Gasteiger partial charge in [0, 0.05) is 36.5 Å². The lowest BCUT2D eigenvalue weighted by Gasteiger charge is -2.41. The van der Waals surface area contributed by atoms with Crippen molar-refractivity contribution in [2.75, 3.05) is 9.21 Å². The molecule has 2 aliphatic heterocycles. The zero-order chi connectivity index (χ0) is 28.1. The lowest BCUT2D eigenvalue weighted by atomic mass is 9.94. The molecule has 0 saturated carbocycles. The number of nitrogens with one attached hydrogen (secondary N) is 1. The van der Waals surface area contributed by atoms with Gasteiger partial charge in [0.1, 0.15) is 6.04 Å². The van der Waals surface area contributed by atoms with Gasteiger partial charge >= 0.3 is 6.03 Å². The Kier molecular flexibility index (Phi) is 6.07. The number of fused-ring (bicyclic) bond motifs is 2. The molecule has 2 aliphatic rings. The summed E-state index contributed by atoms with van der Waals surface area (Å²) in [6.07, 6.45) is 3.56. The highest BCUT2D eigenvalue weighted by Gasteiger charge is 2.53. The van der Waals surface area contributed by atoms with E-state index >= 15 is 0 Å². The van der Waals surface area contributed by atoms with Crippen LogP contribution in [0, 0.1) is 6.92 Å². The summed E-state index contributed by atoms with van der Waals surface area (Å²) in [4.78, 5) is 32.9. The van der Waals surface area contributed by atoms with Gasteiger partial charge in [-0.2, -0.15) is 0 Å². The molecular weight excluding hydrogens is 526 g/mol. The van der Waals surface area contributed by atoms with Gasteiger partial charge in [-0.1, -0.05) is 54.1 Å². The number of anilines is 2. The Morgan fingerprint density at radius 3 is 2.20 bits per heavy atom. The van der Waals surface area contributed by atoms with E-state index in [4.69, 9.17) is 5.73 Å². The molecule has 2 atom stereocenters. The second kappa shape index (κ2) is 9.49. The fraction of sp³-hybridized carbons (Fsp3) is 0.167.